The molecular formula is C22H25N3O4. The molecule has 1 amide bonds. The zero-order chi connectivity index (χ0) is 19.8. The summed E-state index contributed by atoms with van der Waals surface area (Å²) in [5.41, 5.74) is 3.14. The molecule has 2 fully saturated rings. The number of nitrogens with zero attached hydrogens (tertiary/aromatic N) is 1. The molecule has 29 heavy (non-hydrogen) atoms. The first kappa shape index (κ1) is 18.2. The third kappa shape index (κ3) is 3.74. The Morgan fingerprint density at radius 1 is 1.28 bits per heavy atom. The van der Waals surface area contributed by atoms with Crippen molar-refractivity contribution in [3.63, 3.8) is 0 Å². The Morgan fingerprint density at radius 3 is 2.97 bits per heavy atom. The van der Waals surface area contributed by atoms with Crippen molar-refractivity contribution >= 4 is 6.09 Å². The number of ether oxygens (including phenoxy) is 2. The minimum atomic E-state index is -0.502. The van der Waals surface area contributed by atoms with Gasteiger partial charge in [0.25, 0.3) is 0 Å². The van der Waals surface area contributed by atoms with Crippen molar-refractivity contribution < 1.29 is 19.4 Å². The second kappa shape index (κ2) is 7.55. The Morgan fingerprint density at radius 2 is 2.17 bits per heavy atom. The number of rotatable bonds is 5. The molecule has 1 aromatic carbocycles. The standard InChI is InChI=1S/C22H25N3O4/c26-18-4-1-5-19(28-12-13-6-7-13)20(18)17-9-15(14-3-2-8-23-10-14)16-11-24-22(27)29-21(16)25-17/h1,4-5,9,13-14,23,26H,2-3,6-8,10-12H2,(H,24,27). The number of hydrogen-bond donors (Lipinski definition) is 3. The van der Waals surface area contributed by atoms with Gasteiger partial charge in [-0.2, -0.15) is 0 Å². The summed E-state index contributed by atoms with van der Waals surface area (Å²) in [5, 5.41) is 16.8. The highest BCUT2D eigenvalue weighted by atomic mass is 16.6. The summed E-state index contributed by atoms with van der Waals surface area (Å²) in [7, 11) is 0. The summed E-state index contributed by atoms with van der Waals surface area (Å²) in [6.07, 6.45) is 4.02. The molecule has 3 aliphatic rings. The van der Waals surface area contributed by atoms with Crippen molar-refractivity contribution in [1.82, 2.24) is 15.6 Å². The smallest absolute Gasteiger partial charge is 0.414 e. The summed E-state index contributed by atoms with van der Waals surface area (Å²) in [6.45, 7) is 2.93. The van der Waals surface area contributed by atoms with E-state index >= 15 is 0 Å². The third-order valence-electron chi connectivity index (χ3n) is 5.89. The van der Waals surface area contributed by atoms with Gasteiger partial charge in [0.15, 0.2) is 0 Å². The van der Waals surface area contributed by atoms with Gasteiger partial charge in [-0.25, -0.2) is 9.78 Å². The SMILES string of the molecule is O=C1NCc2c(C3CCCNC3)cc(-c3c(O)cccc3OCC3CC3)nc2O1. The number of fused-ring (bicyclic) bond motifs is 1. The predicted molar refractivity (Wildman–Crippen MR) is 107 cm³/mol. The Kier molecular flexibility index (Phi) is 4.75. The molecule has 152 valence electrons. The van der Waals surface area contributed by atoms with Gasteiger partial charge in [-0.05, 0) is 67.8 Å². The Labute approximate surface area is 169 Å². The van der Waals surface area contributed by atoms with Crippen LogP contribution in [-0.4, -0.2) is 35.9 Å². The number of pyridine rings is 1. The molecule has 7 heteroatoms. The van der Waals surface area contributed by atoms with Crippen molar-refractivity contribution in [1.29, 1.82) is 0 Å². The summed E-state index contributed by atoms with van der Waals surface area (Å²) in [4.78, 5) is 16.4. The van der Waals surface area contributed by atoms with E-state index in [-0.39, 0.29) is 5.75 Å². The largest absolute Gasteiger partial charge is 0.507 e. The van der Waals surface area contributed by atoms with Gasteiger partial charge in [0.2, 0.25) is 5.88 Å². The number of piperidine rings is 1. The minimum Gasteiger partial charge on any atom is -0.507 e. The Bertz CT molecular complexity index is 936. The van der Waals surface area contributed by atoms with E-state index in [9.17, 15) is 9.90 Å². The monoisotopic (exact) mass is 395 g/mol. The van der Waals surface area contributed by atoms with Crippen LogP contribution in [0.3, 0.4) is 0 Å². The normalized spacial score (nSPS) is 21.1. The highest BCUT2D eigenvalue weighted by molar-refractivity contribution is 5.77. The van der Waals surface area contributed by atoms with Crippen LogP contribution in [0.4, 0.5) is 4.79 Å². The molecule has 1 aromatic heterocycles. The quantitative estimate of drug-likeness (QED) is 0.719. The van der Waals surface area contributed by atoms with Crippen molar-refractivity contribution in [2.75, 3.05) is 19.7 Å². The maximum Gasteiger partial charge on any atom is 0.414 e. The third-order valence-corrected chi connectivity index (χ3v) is 5.89. The van der Waals surface area contributed by atoms with Crippen LogP contribution in [0, 0.1) is 5.92 Å². The molecule has 1 aliphatic carbocycles. The number of benzene rings is 1. The fourth-order valence-corrected chi connectivity index (χ4v) is 4.11. The number of phenolic OH excluding ortho intramolecular Hbond substituents is 1. The van der Waals surface area contributed by atoms with E-state index in [0.29, 0.717) is 47.9 Å². The van der Waals surface area contributed by atoms with Crippen LogP contribution < -0.4 is 20.1 Å². The predicted octanol–water partition coefficient (Wildman–Crippen LogP) is 3.31. The van der Waals surface area contributed by atoms with Crippen LogP contribution in [0.25, 0.3) is 11.3 Å². The highest BCUT2D eigenvalue weighted by Crippen LogP contribution is 2.42. The van der Waals surface area contributed by atoms with E-state index < -0.39 is 6.09 Å². The molecule has 1 atom stereocenters. The van der Waals surface area contributed by atoms with Gasteiger partial charge < -0.3 is 25.2 Å². The highest BCUT2D eigenvalue weighted by Gasteiger charge is 2.29. The van der Waals surface area contributed by atoms with Crippen molar-refractivity contribution in [3.8, 4) is 28.6 Å². The van der Waals surface area contributed by atoms with E-state index in [1.165, 1.54) is 12.8 Å². The first-order chi connectivity index (χ1) is 14.2. The molecule has 1 saturated heterocycles. The number of amides is 1. The minimum absolute atomic E-state index is 0.110. The molecule has 1 saturated carbocycles. The fraction of sp³-hybridized carbons (Fsp3) is 0.455. The molecule has 0 radical (unpaired) electrons. The summed E-state index contributed by atoms with van der Waals surface area (Å²) >= 11 is 0. The number of hydrogen-bond acceptors (Lipinski definition) is 6. The van der Waals surface area contributed by atoms with Gasteiger partial charge in [0.05, 0.1) is 24.4 Å². The number of carbonyl (C=O) groups is 1. The summed E-state index contributed by atoms with van der Waals surface area (Å²) < 4.78 is 11.4. The molecule has 5 rings (SSSR count). The molecule has 2 aliphatic heterocycles. The summed E-state index contributed by atoms with van der Waals surface area (Å²) in [5.74, 6) is 1.94. The first-order valence-electron chi connectivity index (χ1n) is 10.3. The lowest BCUT2D eigenvalue weighted by Crippen LogP contribution is -2.34. The zero-order valence-electron chi connectivity index (χ0n) is 16.2. The number of nitrogens with one attached hydrogen (secondary N) is 2. The number of phenols is 1. The average molecular weight is 395 g/mol. The van der Waals surface area contributed by atoms with Crippen LogP contribution in [0.2, 0.25) is 0 Å². The van der Waals surface area contributed by atoms with Crippen molar-refractivity contribution in [3.05, 3.63) is 35.4 Å². The van der Waals surface area contributed by atoms with Crippen LogP contribution in [0.5, 0.6) is 17.4 Å². The molecule has 2 aromatic rings. The van der Waals surface area contributed by atoms with Crippen LogP contribution in [0.15, 0.2) is 24.3 Å². The van der Waals surface area contributed by atoms with E-state index in [1.54, 1.807) is 12.1 Å². The number of aromatic hydroxyl groups is 1. The molecule has 3 heterocycles. The second-order valence-corrected chi connectivity index (χ2v) is 8.07. The van der Waals surface area contributed by atoms with Gasteiger partial charge in [-0.15, -0.1) is 0 Å². The van der Waals surface area contributed by atoms with Gasteiger partial charge >= 0.3 is 6.09 Å². The topological polar surface area (TPSA) is 92.7 Å². The van der Waals surface area contributed by atoms with E-state index in [0.717, 1.165) is 37.1 Å². The van der Waals surface area contributed by atoms with Crippen LogP contribution in [0.1, 0.15) is 42.7 Å². The molecular weight excluding hydrogens is 370 g/mol. The lowest BCUT2D eigenvalue weighted by Gasteiger charge is -2.28. The molecule has 3 N–H and O–H groups in total. The second-order valence-electron chi connectivity index (χ2n) is 8.07. The van der Waals surface area contributed by atoms with E-state index in [1.807, 2.05) is 12.1 Å². The van der Waals surface area contributed by atoms with E-state index in [4.69, 9.17) is 9.47 Å². The van der Waals surface area contributed by atoms with Gasteiger partial charge in [-0.1, -0.05) is 6.07 Å². The molecule has 0 bridgehead atoms. The molecule has 7 nitrogen and oxygen atoms in total. The van der Waals surface area contributed by atoms with Crippen molar-refractivity contribution in [2.24, 2.45) is 5.92 Å². The number of carbonyl (C=O) groups excluding carboxylic acids is 1. The summed E-state index contributed by atoms with van der Waals surface area (Å²) in [6, 6.07) is 7.29. The lowest BCUT2D eigenvalue weighted by molar-refractivity contribution is 0.192. The van der Waals surface area contributed by atoms with Gasteiger partial charge in [0, 0.05) is 12.1 Å². The van der Waals surface area contributed by atoms with Gasteiger partial charge in [-0.3, -0.25) is 0 Å². The number of aromatic nitrogens is 1. The fourth-order valence-electron chi connectivity index (χ4n) is 4.11. The molecule has 0 spiro atoms. The Balaban J connectivity index is 1.59. The Hall–Kier alpha value is -2.80. The van der Waals surface area contributed by atoms with Crippen LogP contribution >= 0.6 is 0 Å². The van der Waals surface area contributed by atoms with Crippen molar-refractivity contribution in [2.45, 2.75) is 38.1 Å². The van der Waals surface area contributed by atoms with Gasteiger partial charge in [0.1, 0.15) is 11.5 Å². The lowest BCUT2D eigenvalue weighted by atomic mass is 9.87. The van der Waals surface area contributed by atoms with E-state index in [2.05, 4.69) is 15.6 Å². The zero-order valence-corrected chi connectivity index (χ0v) is 16.2. The van der Waals surface area contributed by atoms with Crippen LogP contribution in [-0.2, 0) is 6.54 Å². The molecule has 1 unspecified atom stereocenters. The first-order valence-corrected chi connectivity index (χ1v) is 10.3. The average Bonchev–Trinajstić information content (AvgIpc) is 3.56. The maximum atomic E-state index is 11.8. The maximum absolute atomic E-state index is 11.8.